The maximum Gasteiger partial charge on any atom is 0.314 e. The smallest absolute Gasteiger partial charge is 0.314 e. The van der Waals surface area contributed by atoms with Crippen molar-refractivity contribution in [3.05, 3.63) is 37.9 Å². The van der Waals surface area contributed by atoms with Gasteiger partial charge in [-0.1, -0.05) is 13.3 Å². The van der Waals surface area contributed by atoms with E-state index in [0.29, 0.717) is 12.8 Å². The van der Waals surface area contributed by atoms with Crippen molar-refractivity contribution in [2.75, 3.05) is 0 Å². The standard InChI is InChI=1S/C10H12N2O5/c1-2-3-4-7-5-8(11(14)15)6-9(13)10(7)12(16)17/h5-6,13H,2-4H2,1H3. The summed E-state index contributed by atoms with van der Waals surface area (Å²) in [6.45, 7) is 1.91. The Bertz CT molecular complexity index is 458. The number of aromatic hydroxyl groups is 1. The van der Waals surface area contributed by atoms with Gasteiger partial charge in [-0.05, 0) is 12.8 Å². The Morgan fingerprint density at radius 1 is 1.24 bits per heavy atom. The zero-order valence-corrected chi connectivity index (χ0v) is 9.25. The number of nitro groups is 2. The third kappa shape index (κ3) is 2.90. The van der Waals surface area contributed by atoms with Crippen LogP contribution in [0, 0.1) is 20.2 Å². The van der Waals surface area contributed by atoms with Gasteiger partial charge in [0.2, 0.25) is 5.75 Å². The number of phenolic OH excluding ortho intramolecular Hbond substituents is 1. The second-order valence-electron chi connectivity index (χ2n) is 3.59. The monoisotopic (exact) mass is 240 g/mol. The molecule has 0 aliphatic rings. The number of hydrogen-bond acceptors (Lipinski definition) is 5. The van der Waals surface area contributed by atoms with Crippen LogP contribution in [0.1, 0.15) is 25.3 Å². The fraction of sp³-hybridized carbons (Fsp3) is 0.400. The molecule has 0 fully saturated rings. The average Bonchev–Trinajstić information content (AvgIpc) is 2.24. The predicted molar refractivity (Wildman–Crippen MR) is 60.0 cm³/mol. The second kappa shape index (κ2) is 5.24. The Morgan fingerprint density at radius 2 is 1.88 bits per heavy atom. The quantitative estimate of drug-likeness (QED) is 0.628. The molecular weight excluding hydrogens is 228 g/mol. The van der Waals surface area contributed by atoms with Crippen molar-refractivity contribution in [2.45, 2.75) is 26.2 Å². The van der Waals surface area contributed by atoms with Crippen LogP contribution in [-0.2, 0) is 6.42 Å². The minimum atomic E-state index is -0.718. The van der Waals surface area contributed by atoms with E-state index < -0.39 is 21.3 Å². The fourth-order valence-electron chi connectivity index (χ4n) is 1.54. The Balaban J connectivity index is 3.28. The Morgan fingerprint density at radius 3 is 2.35 bits per heavy atom. The van der Waals surface area contributed by atoms with Crippen molar-refractivity contribution < 1.29 is 15.0 Å². The van der Waals surface area contributed by atoms with Crippen LogP contribution in [0.3, 0.4) is 0 Å². The SMILES string of the molecule is CCCCc1cc([N+](=O)[O-])cc(O)c1[N+](=O)[O-]. The molecule has 1 rings (SSSR count). The van der Waals surface area contributed by atoms with Gasteiger partial charge >= 0.3 is 5.69 Å². The number of rotatable bonds is 5. The molecule has 92 valence electrons. The minimum Gasteiger partial charge on any atom is -0.502 e. The van der Waals surface area contributed by atoms with Crippen LogP contribution in [-0.4, -0.2) is 15.0 Å². The third-order valence-corrected chi connectivity index (χ3v) is 2.35. The van der Waals surface area contributed by atoms with E-state index in [1.54, 1.807) is 0 Å². The van der Waals surface area contributed by atoms with Gasteiger partial charge in [0.15, 0.2) is 0 Å². The summed E-state index contributed by atoms with van der Waals surface area (Å²) in [6, 6.07) is 1.95. The Kier molecular flexibility index (Phi) is 3.97. The van der Waals surface area contributed by atoms with Crippen LogP contribution in [0.5, 0.6) is 5.75 Å². The third-order valence-electron chi connectivity index (χ3n) is 2.35. The van der Waals surface area contributed by atoms with Crippen molar-refractivity contribution in [2.24, 2.45) is 0 Å². The summed E-state index contributed by atoms with van der Waals surface area (Å²) in [5.41, 5.74) is -0.577. The van der Waals surface area contributed by atoms with Crippen molar-refractivity contribution in [1.29, 1.82) is 0 Å². The minimum absolute atomic E-state index is 0.198. The van der Waals surface area contributed by atoms with E-state index in [4.69, 9.17) is 0 Å². The lowest BCUT2D eigenvalue weighted by molar-refractivity contribution is -0.390. The van der Waals surface area contributed by atoms with Gasteiger partial charge in [0.05, 0.1) is 15.9 Å². The molecule has 0 saturated heterocycles. The first-order chi connectivity index (χ1) is 7.97. The molecule has 0 aliphatic heterocycles. The summed E-state index contributed by atoms with van der Waals surface area (Å²) in [6.07, 6.45) is 1.81. The summed E-state index contributed by atoms with van der Waals surface area (Å²) >= 11 is 0. The molecule has 0 heterocycles. The molecule has 0 atom stereocenters. The molecule has 7 heteroatoms. The van der Waals surface area contributed by atoms with Gasteiger partial charge in [-0.25, -0.2) is 0 Å². The zero-order chi connectivity index (χ0) is 13.0. The van der Waals surface area contributed by atoms with Gasteiger partial charge in [-0.3, -0.25) is 20.2 Å². The molecule has 1 aromatic carbocycles. The molecule has 0 spiro atoms. The zero-order valence-electron chi connectivity index (χ0n) is 9.25. The summed E-state index contributed by atoms with van der Waals surface area (Å²) in [7, 11) is 0. The Labute approximate surface area is 97.0 Å². The van der Waals surface area contributed by atoms with E-state index in [1.165, 1.54) is 0 Å². The maximum atomic E-state index is 10.8. The highest BCUT2D eigenvalue weighted by Gasteiger charge is 2.24. The highest BCUT2D eigenvalue weighted by molar-refractivity contribution is 5.58. The summed E-state index contributed by atoms with van der Waals surface area (Å²) in [4.78, 5) is 19.9. The summed E-state index contributed by atoms with van der Waals surface area (Å²) < 4.78 is 0. The molecule has 17 heavy (non-hydrogen) atoms. The lowest BCUT2D eigenvalue weighted by atomic mass is 10.0. The molecule has 0 bridgehead atoms. The van der Waals surface area contributed by atoms with E-state index >= 15 is 0 Å². The normalized spacial score (nSPS) is 10.2. The average molecular weight is 240 g/mol. The Hall–Kier alpha value is -2.18. The van der Waals surface area contributed by atoms with Crippen LogP contribution in [0.15, 0.2) is 12.1 Å². The molecule has 0 radical (unpaired) electrons. The van der Waals surface area contributed by atoms with Crippen LogP contribution in [0.25, 0.3) is 0 Å². The van der Waals surface area contributed by atoms with Crippen LogP contribution < -0.4 is 0 Å². The van der Waals surface area contributed by atoms with Crippen molar-refractivity contribution in [3.8, 4) is 5.75 Å². The van der Waals surface area contributed by atoms with E-state index in [2.05, 4.69) is 0 Å². The molecule has 0 aliphatic carbocycles. The number of unbranched alkanes of at least 4 members (excludes halogenated alkanes) is 1. The number of aryl methyl sites for hydroxylation is 1. The van der Waals surface area contributed by atoms with Crippen LogP contribution in [0.2, 0.25) is 0 Å². The van der Waals surface area contributed by atoms with Gasteiger partial charge in [0.1, 0.15) is 0 Å². The molecule has 0 unspecified atom stereocenters. The van der Waals surface area contributed by atoms with Gasteiger partial charge in [0.25, 0.3) is 5.69 Å². The second-order valence-corrected chi connectivity index (χ2v) is 3.59. The first-order valence-electron chi connectivity index (χ1n) is 5.12. The lowest BCUT2D eigenvalue weighted by Crippen LogP contribution is -1.98. The molecule has 0 amide bonds. The largest absolute Gasteiger partial charge is 0.502 e. The first-order valence-corrected chi connectivity index (χ1v) is 5.12. The maximum absolute atomic E-state index is 10.8. The topological polar surface area (TPSA) is 107 Å². The van der Waals surface area contributed by atoms with Crippen molar-refractivity contribution in [1.82, 2.24) is 0 Å². The molecular formula is C10H12N2O5. The predicted octanol–water partition coefficient (Wildman–Crippen LogP) is 2.55. The van der Waals surface area contributed by atoms with E-state index in [9.17, 15) is 25.3 Å². The summed E-state index contributed by atoms with van der Waals surface area (Å²) in [5.74, 6) is -0.657. The molecule has 1 N–H and O–H groups in total. The molecule has 7 nitrogen and oxygen atoms in total. The first kappa shape index (κ1) is 12.9. The molecule has 0 aromatic heterocycles. The van der Waals surface area contributed by atoms with E-state index in [-0.39, 0.29) is 11.3 Å². The summed E-state index contributed by atoms with van der Waals surface area (Å²) in [5, 5.41) is 30.8. The van der Waals surface area contributed by atoms with E-state index in [1.807, 2.05) is 6.92 Å². The van der Waals surface area contributed by atoms with Crippen molar-refractivity contribution in [3.63, 3.8) is 0 Å². The highest BCUT2D eigenvalue weighted by Crippen LogP contribution is 2.35. The molecule has 0 saturated carbocycles. The number of nitro benzene ring substituents is 2. The lowest BCUT2D eigenvalue weighted by Gasteiger charge is -2.04. The van der Waals surface area contributed by atoms with E-state index in [0.717, 1.165) is 18.6 Å². The number of benzene rings is 1. The number of hydrogen-bond donors (Lipinski definition) is 1. The van der Waals surface area contributed by atoms with Gasteiger partial charge in [-0.15, -0.1) is 0 Å². The van der Waals surface area contributed by atoms with Crippen LogP contribution in [0.4, 0.5) is 11.4 Å². The van der Waals surface area contributed by atoms with Gasteiger partial charge in [0, 0.05) is 11.6 Å². The number of nitrogens with zero attached hydrogens (tertiary/aromatic N) is 2. The number of phenols is 1. The van der Waals surface area contributed by atoms with Crippen molar-refractivity contribution >= 4 is 11.4 Å². The van der Waals surface area contributed by atoms with Gasteiger partial charge in [-0.2, -0.15) is 0 Å². The number of non-ortho nitro benzene ring substituents is 1. The van der Waals surface area contributed by atoms with Gasteiger partial charge < -0.3 is 5.11 Å². The highest BCUT2D eigenvalue weighted by atomic mass is 16.6. The fourth-order valence-corrected chi connectivity index (χ4v) is 1.54. The molecule has 1 aromatic rings. The van der Waals surface area contributed by atoms with Crippen LogP contribution >= 0.6 is 0 Å².